The van der Waals surface area contributed by atoms with Crippen molar-refractivity contribution in [3.63, 3.8) is 0 Å². The third-order valence-electron chi connectivity index (χ3n) is 3.92. The second-order valence-electron chi connectivity index (χ2n) is 5.59. The Balaban J connectivity index is 2.07. The molecule has 0 spiro atoms. The van der Waals surface area contributed by atoms with Crippen molar-refractivity contribution in [1.29, 1.82) is 0 Å². The number of carbonyl (C=O) groups is 1. The molecule has 1 atom stereocenters. The van der Waals surface area contributed by atoms with Crippen LogP contribution in [0.2, 0.25) is 0 Å². The molecule has 0 saturated carbocycles. The maximum absolute atomic E-state index is 11.9. The van der Waals surface area contributed by atoms with Crippen LogP contribution in [0.5, 0.6) is 0 Å². The number of anilines is 1. The molecule has 1 unspecified atom stereocenters. The molecule has 1 aromatic carbocycles. The molecule has 0 saturated heterocycles. The number of esters is 1. The van der Waals surface area contributed by atoms with Crippen molar-refractivity contribution >= 4 is 22.4 Å². The first kappa shape index (κ1) is 18.5. The first-order valence-corrected chi connectivity index (χ1v) is 9.42. The topological polar surface area (TPSA) is 51.2 Å². The molecule has 1 aromatic heterocycles. The van der Waals surface area contributed by atoms with Gasteiger partial charge in [-0.15, -0.1) is 11.3 Å². The molecule has 0 bridgehead atoms. The van der Waals surface area contributed by atoms with Crippen LogP contribution in [0.3, 0.4) is 0 Å². The quantitative estimate of drug-likeness (QED) is 0.683. The zero-order chi connectivity index (χ0) is 17.4. The van der Waals surface area contributed by atoms with E-state index in [-0.39, 0.29) is 11.9 Å². The van der Waals surface area contributed by atoms with Crippen molar-refractivity contribution in [2.45, 2.75) is 46.0 Å². The van der Waals surface area contributed by atoms with Gasteiger partial charge >= 0.3 is 5.97 Å². The van der Waals surface area contributed by atoms with Crippen LogP contribution in [0.25, 0.3) is 0 Å². The number of rotatable bonds is 9. The average Bonchev–Trinajstić information content (AvgIpc) is 3.02. The van der Waals surface area contributed by atoms with E-state index < -0.39 is 0 Å². The maximum Gasteiger partial charge on any atom is 0.306 e. The summed E-state index contributed by atoms with van der Waals surface area (Å²) in [6.07, 6.45) is 2.33. The first-order valence-electron chi connectivity index (χ1n) is 8.60. The first-order chi connectivity index (χ1) is 11.7. The molecule has 4 nitrogen and oxygen atoms in total. The predicted molar refractivity (Wildman–Crippen MR) is 99.8 cm³/mol. The zero-order valence-electron chi connectivity index (χ0n) is 14.7. The highest BCUT2D eigenvalue weighted by Crippen LogP contribution is 2.26. The number of hydrogen-bond donors (Lipinski definition) is 1. The number of carbonyl (C=O) groups excluding carboxylic acids is 1. The molecule has 24 heavy (non-hydrogen) atoms. The van der Waals surface area contributed by atoms with Crippen LogP contribution in [0.1, 0.15) is 49.2 Å². The normalized spacial score (nSPS) is 12.0. The Morgan fingerprint density at radius 1 is 1.21 bits per heavy atom. The minimum atomic E-state index is -0.157. The molecule has 0 fully saturated rings. The lowest BCUT2D eigenvalue weighted by atomic mass is 9.96. The summed E-state index contributed by atoms with van der Waals surface area (Å²) in [5.41, 5.74) is 2.31. The summed E-state index contributed by atoms with van der Waals surface area (Å²) in [5, 5.41) is 4.36. The molecule has 2 rings (SSSR count). The van der Waals surface area contributed by atoms with Gasteiger partial charge in [0.15, 0.2) is 5.13 Å². The Kier molecular flexibility index (Phi) is 7.25. The van der Waals surface area contributed by atoms with Crippen LogP contribution in [-0.2, 0) is 22.4 Å². The van der Waals surface area contributed by atoms with Crippen LogP contribution in [0.4, 0.5) is 5.13 Å². The third kappa shape index (κ3) is 5.06. The smallest absolute Gasteiger partial charge is 0.306 e. The van der Waals surface area contributed by atoms with Gasteiger partial charge in [-0.05, 0) is 25.3 Å². The summed E-state index contributed by atoms with van der Waals surface area (Å²) < 4.78 is 5.12. The molecule has 1 heterocycles. The molecule has 1 N–H and O–H groups in total. The van der Waals surface area contributed by atoms with E-state index in [9.17, 15) is 4.79 Å². The molecule has 130 valence electrons. The predicted octanol–water partition coefficient (Wildman–Crippen LogP) is 4.42. The van der Waals surface area contributed by atoms with E-state index in [1.54, 1.807) is 11.3 Å². The number of hydrogen-bond acceptors (Lipinski definition) is 5. The van der Waals surface area contributed by atoms with Crippen molar-refractivity contribution in [2.24, 2.45) is 0 Å². The lowest BCUT2D eigenvalue weighted by Crippen LogP contribution is -2.18. The highest BCUT2D eigenvalue weighted by Gasteiger charge is 2.18. The monoisotopic (exact) mass is 346 g/mol. The standard InChI is InChI=1S/C19H26N2O2S/c1-4-16-17(5-2)24-19(21-16)20-13-15(12-18(22)23-6-3)14-10-8-7-9-11-14/h7-11,15H,4-6,12-13H2,1-3H3,(H,20,21). The Morgan fingerprint density at radius 3 is 2.54 bits per heavy atom. The molecule has 0 amide bonds. The minimum Gasteiger partial charge on any atom is -0.466 e. The van der Waals surface area contributed by atoms with Crippen LogP contribution < -0.4 is 5.32 Å². The number of benzene rings is 1. The van der Waals surface area contributed by atoms with E-state index in [0.717, 1.165) is 23.5 Å². The van der Waals surface area contributed by atoms with Gasteiger partial charge in [-0.2, -0.15) is 0 Å². The Morgan fingerprint density at radius 2 is 1.96 bits per heavy atom. The van der Waals surface area contributed by atoms with Crippen molar-refractivity contribution in [3.8, 4) is 0 Å². The molecule has 2 aromatic rings. The number of nitrogens with one attached hydrogen (secondary N) is 1. The van der Waals surface area contributed by atoms with Gasteiger partial charge in [0.25, 0.3) is 0 Å². The van der Waals surface area contributed by atoms with Gasteiger partial charge in [-0.25, -0.2) is 4.98 Å². The van der Waals surface area contributed by atoms with Gasteiger partial charge in [0.1, 0.15) is 0 Å². The molecule has 0 aliphatic carbocycles. The van der Waals surface area contributed by atoms with Gasteiger partial charge in [0.05, 0.1) is 18.7 Å². The van der Waals surface area contributed by atoms with Crippen molar-refractivity contribution < 1.29 is 9.53 Å². The SMILES string of the molecule is CCOC(=O)CC(CNc1nc(CC)c(CC)s1)c1ccccc1. The summed E-state index contributed by atoms with van der Waals surface area (Å²) in [6, 6.07) is 10.1. The van der Waals surface area contributed by atoms with E-state index >= 15 is 0 Å². The van der Waals surface area contributed by atoms with E-state index in [1.807, 2.05) is 25.1 Å². The van der Waals surface area contributed by atoms with E-state index in [0.29, 0.717) is 19.6 Å². The van der Waals surface area contributed by atoms with Gasteiger partial charge in [0, 0.05) is 17.3 Å². The van der Waals surface area contributed by atoms with E-state index in [1.165, 1.54) is 10.6 Å². The van der Waals surface area contributed by atoms with Crippen LogP contribution in [-0.4, -0.2) is 24.1 Å². The fourth-order valence-corrected chi connectivity index (χ4v) is 3.67. The van der Waals surface area contributed by atoms with Gasteiger partial charge in [0.2, 0.25) is 0 Å². The fourth-order valence-electron chi connectivity index (χ4n) is 2.68. The molecular formula is C19H26N2O2S. The van der Waals surface area contributed by atoms with Crippen LogP contribution in [0.15, 0.2) is 30.3 Å². The fraction of sp³-hybridized carbons (Fsp3) is 0.474. The largest absolute Gasteiger partial charge is 0.466 e. The highest BCUT2D eigenvalue weighted by atomic mass is 32.1. The van der Waals surface area contributed by atoms with Gasteiger partial charge < -0.3 is 10.1 Å². The lowest BCUT2D eigenvalue weighted by Gasteiger charge is -2.17. The molecule has 0 radical (unpaired) electrons. The van der Waals surface area contributed by atoms with E-state index in [4.69, 9.17) is 4.74 Å². The van der Waals surface area contributed by atoms with Gasteiger partial charge in [-0.1, -0.05) is 44.2 Å². The molecular weight excluding hydrogens is 320 g/mol. The minimum absolute atomic E-state index is 0.0734. The number of thiazole rings is 1. The van der Waals surface area contributed by atoms with Crippen LogP contribution in [0, 0.1) is 0 Å². The second kappa shape index (κ2) is 9.42. The summed E-state index contributed by atoms with van der Waals surface area (Å²) in [5.74, 6) is -0.0833. The Bertz CT molecular complexity index is 619. The number of aryl methyl sites for hydroxylation is 2. The summed E-state index contributed by atoms with van der Waals surface area (Å²) in [7, 11) is 0. The van der Waals surface area contributed by atoms with E-state index in [2.05, 4.69) is 36.3 Å². The third-order valence-corrected chi connectivity index (χ3v) is 5.12. The Hall–Kier alpha value is -1.88. The lowest BCUT2D eigenvalue weighted by molar-refractivity contribution is -0.143. The average molecular weight is 346 g/mol. The number of ether oxygens (including phenoxy) is 1. The summed E-state index contributed by atoms with van der Waals surface area (Å²) in [4.78, 5) is 17.9. The van der Waals surface area contributed by atoms with Crippen molar-refractivity contribution in [3.05, 3.63) is 46.5 Å². The maximum atomic E-state index is 11.9. The number of nitrogens with zero attached hydrogens (tertiary/aromatic N) is 1. The van der Waals surface area contributed by atoms with Crippen molar-refractivity contribution in [2.75, 3.05) is 18.5 Å². The summed E-state index contributed by atoms with van der Waals surface area (Å²) in [6.45, 7) is 7.21. The number of aromatic nitrogens is 1. The van der Waals surface area contributed by atoms with Crippen molar-refractivity contribution in [1.82, 2.24) is 4.98 Å². The van der Waals surface area contributed by atoms with Crippen LogP contribution >= 0.6 is 11.3 Å². The van der Waals surface area contributed by atoms with Gasteiger partial charge in [-0.3, -0.25) is 4.79 Å². The second-order valence-corrected chi connectivity index (χ2v) is 6.68. The highest BCUT2D eigenvalue weighted by molar-refractivity contribution is 7.15. The molecule has 0 aliphatic rings. The summed E-state index contributed by atoms with van der Waals surface area (Å²) >= 11 is 1.71. The Labute approximate surface area is 148 Å². The molecule has 5 heteroatoms. The molecule has 0 aliphatic heterocycles. The zero-order valence-corrected chi connectivity index (χ0v) is 15.5.